The highest BCUT2D eigenvalue weighted by Gasteiger charge is 2.24. The molecular weight excluding hydrogens is 424 g/mol. The van der Waals surface area contributed by atoms with Gasteiger partial charge in [-0.15, -0.1) is 0 Å². The van der Waals surface area contributed by atoms with Gasteiger partial charge in [0.2, 0.25) is 5.69 Å². The zero-order valence-electron chi connectivity index (χ0n) is 22.5. The lowest BCUT2D eigenvalue weighted by Crippen LogP contribution is -2.31. The number of aromatic nitrogens is 1. The molecule has 0 aliphatic rings. The summed E-state index contributed by atoms with van der Waals surface area (Å²) >= 11 is 0. The van der Waals surface area contributed by atoms with E-state index in [9.17, 15) is 5.26 Å². The van der Waals surface area contributed by atoms with Gasteiger partial charge in [-0.05, 0) is 63.3 Å². The van der Waals surface area contributed by atoms with Gasteiger partial charge in [0, 0.05) is 17.2 Å². The molecule has 178 valence electrons. The van der Waals surface area contributed by atoms with E-state index in [2.05, 4.69) is 120 Å². The lowest BCUT2D eigenvalue weighted by molar-refractivity contribution is -0.660. The minimum absolute atomic E-state index is 0.0128. The van der Waals surface area contributed by atoms with Crippen LogP contribution in [0.5, 0.6) is 0 Å². The molecule has 0 saturated heterocycles. The van der Waals surface area contributed by atoms with Crippen molar-refractivity contribution < 1.29 is 4.57 Å². The van der Waals surface area contributed by atoms with Gasteiger partial charge < -0.3 is 0 Å². The largest absolute Gasteiger partial charge is 0.213 e. The summed E-state index contributed by atoms with van der Waals surface area (Å²) in [5.41, 5.74) is 9.26. The lowest BCUT2D eigenvalue weighted by Gasteiger charge is -2.24. The van der Waals surface area contributed by atoms with Crippen molar-refractivity contribution in [1.82, 2.24) is 0 Å². The van der Waals surface area contributed by atoms with Crippen molar-refractivity contribution in [2.45, 2.75) is 60.3 Å². The summed E-state index contributed by atoms with van der Waals surface area (Å²) in [6, 6.07) is 24.4. The molecule has 35 heavy (non-hydrogen) atoms. The number of hydrogen-bond acceptors (Lipinski definition) is 1. The highest BCUT2D eigenvalue weighted by molar-refractivity contribution is 5.94. The van der Waals surface area contributed by atoms with Crippen LogP contribution >= 0.6 is 0 Å². The van der Waals surface area contributed by atoms with Gasteiger partial charge >= 0.3 is 0 Å². The van der Waals surface area contributed by atoms with Crippen molar-refractivity contribution in [3.63, 3.8) is 0 Å². The van der Waals surface area contributed by atoms with Gasteiger partial charge in [0.15, 0.2) is 6.20 Å². The predicted molar refractivity (Wildman–Crippen MR) is 147 cm³/mol. The first-order valence-electron chi connectivity index (χ1n) is 12.5. The standard InChI is InChI=1S/C33H37N2/c1-22-26-11-9-10-12-27(26)30(33(5,6)7)17-28(22)31-18-29(25(20-34)21-35(31)8)24-15-13-23(14-16-24)19-32(2,3)4/h9-18,21H,19H2,1-8H3/q+1. The molecule has 4 aromatic rings. The fraction of sp³-hybridized carbons (Fsp3) is 0.333. The molecule has 1 aromatic heterocycles. The van der Waals surface area contributed by atoms with Gasteiger partial charge in [-0.2, -0.15) is 9.83 Å². The number of rotatable bonds is 3. The van der Waals surface area contributed by atoms with Crippen molar-refractivity contribution in [1.29, 1.82) is 5.26 Å². The normalized spacial score (nSPS) is 12.1. The molecule has 0 spiro atoms. The summed E-state index contributed by atoms with van der Waals surface area (Å²) in [6.45, 7) is 15.8. The highest BCUT2D eigenvalue weighted by atomic mass is 14.9. The first-order valence-corrected chi connectivity index (χ1v) is 12.5. The maximum atomic E-state index is 9.96. The van der Waals surface area contributed by atoms with Crippen LogP contribution in [0, 0.1) is 23.7 Å². The summed E-state index contributed by atoms with van der Waals surface area (Å²) < 4.78 is 2.10. The number of benzene rings is 3. The van der Waals surface area contributed by atoms with Crippen LogP contribution < -0.4 is 4.57 Å². The molecule has 0 aliphatic heterocycles. The molecule has 0 radical (unpaired) electrons. The second-order valence-electron chi connectivity index (χ2n) is 12.0. The second kappa shape index (κ2) is 8.97. The van der Waals surface area contributed by atoms with Crippen LogP contribution in [0.4, 0.5) is 0 Å². The lowest BCUT2D eigenvalue weighted by atomic mass is 9.80. The minimum Gasteiger partial charge on any atom is -0.200 e. The average Bonchev–Trinajstić information content (AvgIpc) is 2.78. The molecule has 4 rings (SSSR count). The number of fused-ring (bicyclic) bond motifs is 1. The van der Waals surface area contributed by atoms with Crippen LogP contribution in [0.3, 0.4) is 0 Å². The van der Waals surface area contributed by atoms with Gasteiger partial charge in [-0.25, -0.2) is 0 Å². The molecule has 2 nitrogen and oxygen atoms in total. The number of aryl methyl sites for hydroxylation is 2. The summed E-state index contributed by atoms with van der Waals surface area (Å²) in [6.07, 6.45) is 3.00. The molecule has 2 heteroatoms. The Morgan fingerprint density at radius 1 is 0.829 bits per heavy atom. The molecule has 3 aromatic carbocycles. The zero-order valence-corrected chi connectivity index (χ0v) is 22.5. The fourth-order valence-electron chi connectivity index (χ4n) is 5.07. The molecule has 0 aliphatic carbocycles. The van der Waals surface area contributed by atoms with Crippen molar-refractivity contribution in [3.8, 4) is 28.5 Å². The highest BCUT2D eigenvalue weighted by Crippen LogP contribution is 2.38. The van der Waals surface area contributed by atoms with E-state index in [-0.39, 0.29) is 10.8 Å². The Balaban J connectivity index is 1.93. The van der Waals surface area contributed by atoms with Gasteiger partial charge in [-0.1, -0.05) is 90.1 Å². The predicted octanol–water partition coefficient (Wildman–Crippen LogP) is 8.06. The molecule has 0 fully saturated rings. The molecule has 1 heterocycles. The van der Waals surface area contributed by atoms with Crippen LogP contribution in [0.1, 0.15) is 63.8 Å². The Morgan fingerprint density at radius 3 is 2.03 bits per heavy atom. The van der Waals surface area contributed by atoms with Crippen molar-refractivity contribution in [2.24, 2.45) is 12.5 Å². The Morgan fingerprint density at radius 2 is 1.46 bits per heavy atom. The summed E-state index contributed by atoms with van der Waals surface area (Å²) in [7, 11) is 2.04. The van der Waals surface area contributed by atoms with Crippen LogP contribution in [-0.4, -0.2) is 0 Å². The van der Waals surface area contributed by atoms with E-state index in [4.69, 9.17) is 0 Å². The maximum Gasteiger partial charge on any atom is 0.213 e. The van der Waals surface area contributed by atoms with Crippen molar-refractivity contribution in [2.75, 3.05) is 0 Å². The Labute approximate surface area is 210 Å². The topological polar surface area (TPSA) is 27.7 Å². The molecule has 0 bridgehead atoms. The molecule has 0 atom stereocenters. The summed E-state index contributed by atoms with van der Waals surface area (Å²) in [4.78, 5) is 0. The number of pyridine rings is 1. The number of hydrogen-bond donors (Lipinski definition) is 0. The smallest absolute Gasteiger partial charge is 0.200 e. The second-order valence-corrected chi connectivity index (χ2v) is 12.0. The number of nitrogens with zero attached hydrogens (tertiary/aromatic N) is 2. The Kier molecular flexibility index (Phi) is 6.32. The van der Waals surface area contributed by atoms with E-state index in [1.165, 1.54) is 33.0 Å². The Hall–Kier alpha value is -3.44. The Bertz CT molecular complexity index is 1440. The van der Waals surface area contributed by atoms with Crippen LogP contribution in [0.2, 0.25) is 0 Å². The SMILES string of the molecule is Cc1c(-c2cc(-c3ccc(CC(C)(C)C)cc3)c(C#N)c[n+]2C)cc(C(C)(C)C)c2ccccc12. The monoisotopic (exact) mass is 461 g/mol. The van der Waals surface area contributed by atoms with E-state index in [1.807, 2.05) is 13.2 Å². The molecule has 0 N–H and O–H groups in total. The van der Waals surface area contributed by atoms with Gasteiger partial charge in [0.05, 0.1) is 0 Å². The summed E-state index contributed by atoms with van der Waals surface area (Å²) in [5.74, 6) is 0. The van der Waals surface area contributed by atoms with Gasteiger partial charge in [-0.3, -0.25) is 0 Å². The first kappa shape index (κ1) is 24.7. The first-order chi connectivity index (χ1) is 16.4. The summed E-state index contributed by atoms with van der Waals surface area (Å²) in [5, 5.41) is 12.6. The van der Waals surface area contributed by atoms with Gasteiger partial charge in [0.25, 0.3) is 0 Å². The third kappa shape index (κ3) is 5.01. The van der Waals surface area contributed by atoms with E-state index < -0.39 is 0 Å². The molecule has 0 amide bonds. The van der Waals surface area contributed by atoms with E-state index in [0.29, 0.717) is 5.56 Å². The average molecular weight is 462 g/mol. The molecule has 0 saturated carbocycles. The number of nitriles is 1. The van der Waals surface area contributed by atoms with E-state index in [1.54, 1.807) is 0 Å². The van der Waals surface area contributed by atoms with Gasteiger partial charge in [0.1, 0.15) is 18.7 Å². The maximum absolute atomic E-state index is 9.96. The third-order valence-corrected chi connectivity index (χ3v) is 6.79. The minimum atomic E-state index is 0.0128. The zero-order chi connectivity index (χ0) is 25.5. The third-order valence-electron chi connectivity index (χ3n) is 6.79. The molecule has 0 unspecified atom stereocenters. The quantitative estimate of drug-likeness (QED) is 0.283. The van der Waals surface area contributed by atoms with Crippen molar-refractivity contribution >= 4 is 10.8 Å². The fourth-order valence-corrected chi connectivity index (χ4v) is 5.07. The van der Waals surface area contributed by atoms with Crippen molar-refractivity contribution in [3.05, 3.63) is 89.1 Å². The van der Waals surface area contributed by atoms with Crippen LogP contribution in [0.15, 0.2) is 66.9 Å². The van der Waals surface area contributed by atoms with Crippen LogP contribution in [0.25, 0.3) is 33.2 Å². The van der Waals surface area contributed by atoms with E-state index >= 15 is 0 Å². The van der Waals surface area contributed by atoms with Crippen LogP contribution in [-0.2, 0) is 18.9 Å². The molecular formula is C33H37N2+. The van der Waals surface area contributed by atoms with E-state index in [0.717, 1.165) is 23.2 Å².